The van der Waals surface area contributed by atoms with Crippen molar-refractivity contribution in [2.24, 2.45) is 17.8 Å². The van der Waals surface area contributed by atoms with Gasteiger partial charge in [-0.25, -0.2) is 9.59 Å². The molecule has 0 aromatic heterocycles. The summed E-state index contributed by atoms with van der Waals surface area (Å²) in [4.78, 5) is 24.5. The number of esters is 1. The lowest BCUT2D eigenvalue weighted by molar-refractivity contribution is -0.343. The van der Waals surface area contributed by atoms with Crippen molar-refractivity contribution in [3.05, 3.63) is 47.7 Å². The Hall–Kier alpha value is -2.58. The van der Waals surface area contributed by atoms with Gasteiger partial charge in [-0.15, -0.1) is 0 Å². The summed E-state index contributed by atoms with van der Waals surface area (Å²) in [6.07, 6.45) is -10.7. The first kappa shape index (κ1) is 25.5. The molecule has 2 heterocycles. The second kappa shape index (κ2) is 10.2. The fraction of sp³-hybridized carbons (Fsp3) is 0.565. The lowest BCUT2D eigenvalue weighted by Gasteiger charge is -2.43. The molecule has 3 aliphatic rings. The Morgan fingerprint density at radius 3 is 2.29 bits per heavy atom. The number of aliphatic hydroxyl groups is 5. The Labute approximate surface area is 199 Å². The highest BCUT2D eigenvalue weighted by Crippen LogP contribution is 2.48. The van der Waals surface area contributed by atoms with Crippen LogP contribution in [0.4, 0.5) is 0 Å². The van der Waals surface area contributed by atoms with Gasteiger partial charge in [-0.3, -0.25) is 0 Å². The zero-order valence-electron chi connectivity index (χ0n) is 18.7. The molecule has 12 heteroatoms. The van der Waals surface area contributed by atoms with Gasteiger partial charge in [0.25, 0.3) is 0 Å². The van der Waals surface area contributed by atoms with Crippen LogP contribution in [0, 0.1) is 17.8 Å². The molecule has 1 aromatic carbocycles. The van der Waals surface area contributed by atoms with Crippen molar-refractivity contribution in [1.29, 1.82) is 0 Å². The van der Waals surface area contributed by atoms with Crippen LogP contribution < -0.4 is 0 Å². The van der Waals surface area contributed by atoms with Gasteiger partial charge in [0.15, 0.2) is 6.29 Å². The van der Waals surface area contributed by atoms with E-state index in [9.17, 15) is 40.2 Å². The maximum atomic E-state index is 12.6. The highest BCUT2D eigenvalue weighted by molar-refractivity contribution is 5.89. The highest BCUT2D eigenvalue weighted by Gasteiger charge is 2.59. The Balaban J connectivity index is 1.58. The summed E-state index contributed by atoms with van der Waals surface area (Å²) in [5.41, 5.74) is 0.00223. The van der Waals surface area contributed by atoms with Crippen LogP contribution in [0.15, 0.2) is 42.2 Å². The zero-order valence-corrected chi connectivity index (χ0v) is 18.7. The molecule has 12 nitrogen and oxygen atoms in total. The van der Waals surface area contributed by atoms with E-state index in [1.54, 1.807) is 25.1 Å². The number of aliphatic carboxylic acids is 1. The highest BCUT2D eigenvalue weighted by atomic mass is 16.8. The monoisotopic (exact) mass is 496 g/mol. The van der Waals surface area contributed by atoms with Gasteiger partial charge >= 0.3 is 11.9 Å². The van der Waals surface area contributed by atoms with E-state index >= 15 is 0 Å². The molecule has 1 saturated heterocycles. The minimum atomic E-state index is -1.71. The average Bonchev–Trinajstić information content (AvgIpc) is 3.10. The largest absolute Gasteiger partial charge is 0.478 e. The van der Waals surface area contributed by atoms with Gasteiger partial charge in [-0.05, 0) is 12.1 Å². The van der Waals surface area contributed by atoms with E-state index in [4.69, 9.17) is 18.9 Å². The predicted octanol–water partition coefficient (Wildman–Crippen LogP) is -1.40. The summed E-state index contributed by atoms with van der Waals surface area (Å²) in [6, 6.07) is 8.10. The maximum absolute atomic E-state index is 12.6. The molecule has 1 saturated carbocycles. The lowest BCUT2D eigenvalue weighted by atomic mass is 9.82. The second-order valence-electron chi connectivity index (χ2n) is 8.90. The summed E-state index contributed by atoms with van der Waals surface area (Å²) in [5, 5.41) is 60.4. The molecule has 1 aliphatic carbocycles. The van der Waals surface area contributed by atoms with Crippen molar-refractivity contribution >= 4 is 11.9 Å². The Morgan fingerprint density at radius 1 is 0.971 bits per heavy atom. The van der Waals surface area contributed by atoms with E-state index < -0.39 is 85.5 Å². The van der Waals surface area contributed by atoms with Crippen molar-refractivity contribution < 1.29 is 59.2 Å². The van der Waals surface area contributed by atoms with Gasteiger partial charge in [0.2, 0.25) is 6.29 Å². The average molecular weight is 496 g/mol. The molecule has 6 N–H and O–H groups in total. The van der Waals surface area contributed by atoms with Crippen molar-refractivity contribution in [3.63, 3.8) is 0 Å². The Morgan fingerprint density at radius 2 is 1.66 bits per heavy atom. The molecule has 0 radical (unpaired) electrons. The number of benzene rings is 1. The lowest BCUT2D eigenvalue weighted by Crippen LogP contribution is -2.60. The smallest absolute Gasteiger partial charge is 0.338 e. The summed E-state index contributed by atoms with van der Waals surface area (Å²) in [6.45, 7) is 0.965. The molecule has 11 atom stereocenters. The fourth-order valence-corrected chi connectivity index (χ4v) is 4.98. The third-order valence-corrected chi connectivity index (χ3v) is 6.86. The molecule has 1 aromatic rings. The Bertz CT molecular complexity index is 949. The van der Waals surface area contributed by atoms with E-state index in [0.717, 1.165) is 6.26 Å². The summed E-state index contributed by atoms with van der Waals surface area (Å²) in [7, 11) is 0. The molecule has 0 unspecified atom stereocenters. The molecule has 192 valence electrons. The van der Waals surface area contributed by atoms with Crippen LogP contribution in [-0.2, 0) is 23.7 Å². The summed E-state index contributed by atoms with van der Waals surface area (Å²) < 4.78 is 22.1. The van der Waals surface area contributed by atoms with Crippen molar-refractivity contribution in [2.45, 2.75) is 56.1 Å². The van der Waals surface area contributed by atoms with Crippen LogP contribution >= 0.6 is 0 Å². The van der Waals surface area contributed by atoms with Gasteiger partial charge in [0, 0.05) is 17.8 Å². The first-order valence-corrected chi connectivity index (χ1v) is 11.1. The van der Waals surface area contributed by atoms with Crippen LogP contribution in [0.25, 0.3) is 0 Å². The maximum Gasteiger partial charge on any atom is 0.338 e. The van der Waals surface area contributed by atoms with Gasteiger partial charge in [0.05, 0.1) is 30.1 Å². The number of carboxylic acid groups (broad SMARTS) is 1. The number of rotatable bonds is 6. The molecular formula is C23H28O12. The number of carbonyl (C=O) groups is 2. The first-order valence-electron chi connectivity index (χ1n) is 11.1. The number of ether oxygens (including phenoxy) is 4. The number of hydrogen-bond donors (Lipinski definition) is 6. The minimum Gasteiger partial charge on any atom is -0.478 e. The van der Waals surface area contributed by atoms with E-state index in [1.807, 2.05) is 0 Å². The molecule has 2 fully saturated rings. The topological polar surface area (TPSA) is 192 Å². The quantitative estimate of drug-likeness (QED) is 0.253. The van der Waals surface area contributed by atoms with Gasteiger partial charge in [-0.1, -0.05) is 25.1 Å². The number of carbonyl (C=O) groups excluding carboxylic acids is 1. The van der Waals surface area contributed by atoms with Gasteiger partial charge < -0.3 is 49.6 Å². The molecule has 2 aliphatic heterocycles. The van der Waals surface area contributed by atoms with Crippen LogP contribution in [0.1, 0.15) is 17.3 Å². The molecule has 0 amide bonds. The van der Waals surface area contributed by atoms with E-state index in [0.29, 0.717) is 0 Å². The summed E-state index contributed by atoms with van der Waals surface area (Å²) in [5.74, 6) is -4.62. The van der Waals surface area contributed by atoms with Crippen LogP contribution in [0.5, 0.6) is 0 Å². The molecule has 4 rings (SSSR count). The number of carboxylic acids is 1. The van der Waals surface area contributed by atoms with Gasteiger partial charge in [-0.2, -0.15) is 0 Å². The number of fused-ring (bicyclic) bond motifs is 1. The SMILES string of the molecule is C[C@@H]1[C@@H](OC(=O)c2ccccc2)[C@@H](O)[C@@H]2C(C(=O)O)=CO[C@@H](O[C@H]3O[C@@H](CO)[C@H](O)[C@@H](O)[C@@H]3O)[C@H]12. The van der Waals surface area contributed by atoms with Crippen molar-refractivity contribution in [2.75, 3.05) is 6.61 Å². The molecule has 0 bridgehead atoms. The van der Waals surface area contributed by atoms with E-state index in [2.05, 4.69) is 0 Å². The minimum absolute atomic E-state index is 0.249. The first-order chi connectivity index (χ1) is 16.6. The van der Waals surface area contributed by atoms with E-state index in [-0.39, 0.29) is 11.1 Å². The van der Waals surface area contributed by atoms with Crippen molar-refractivity contribution in [1.82, 2.24) is 0 Å². The third-order valence-electron chi connectivity index (χ3n) is 6.86. The van der Waals surface area contributed by atoms with Gasteiger partial charge in [0.1, 0.15) is 30.5 Å². The number of aliphatic hydroxyl groups excluding tert-OH is 5. The Kier molecular flexibility index (Phi) is 7.43. The fourth-order valence-electron chi connectivity index (χ4n) is 4.98. The van der Waals surface area contributed by atoms with Crippen LogP contribution in [0.2, 0.25) is 0 Å². The normalized spacial score (nSPS) is 40.9. The summed E-state index contributed by atoms with van der Waals surface area (Å²) >= 11 is 0. The van der Waals surface area contributed by atoms with Crippen LogP contribution in [-0.4, -0.2) is 98.4 Å². The third kappa shape index (κ3) is 4.66. The predicted molar refractivity (Wildman–Crippen MR) is 113 cm³/mol. The van der Waals surface area contributed by atoms with Crippen molar-refractivity contribution in [3.8, 4) is 0 Å². The van der Waals surface area contributed by atoms with E-state index in [1.165, 1.54) is 12.1 Å². The molecular weight excluding hydrogens is 468 g/mol. The second-order valence-corrected chi connectivity index (χ2v) is 8.90. The zero-order chi connectivity index (χ0) is 25.4. The molecule has 35 heavy (non-hydrogen) atoms. The number of hydrogen-bond acceptors (Lipinski definition) is 11. The van der Waals surface area contributed by atoms with Crippen LogP contribution in [0.3, 0.4) is 0 Å². The molecule has 0 spiro atoms. The standard InChI is InChI=1S/C23H28O12/c1-9-13-14(16(26)19(9)34-21(31)10-5-3-2-4-6-10)11(20(29)30)8-32-22(13)35-23-18(28)17(27)15(25)12(7-24)33-23/h2-6,8-9,12-19,22-28H,7H2,1H3,(H,29,30)/t9-,12-,13+,14+,15-,16-,17+,18-,19+,22-,23+/m0/s1.